The Morgan fingerprint density at radius 2 is 1.68 bits per heavy atom. The van der Waals surface area contributed by atoms with E-state index in [4.69, 9.17) is 22.9 Å². The first kappa shape index (κ1) is 25.1. The van der Waals surface area contributed by atoms with Gasteiger partial charge in [-0.05, 0) is 18.8 Å². The molecule has 160 valence electrons. The van der Waals surface area contributed by atoms with E-state index < -0.39 is 41.8 Å². The van der Waals surface area contributed by atoms with Crippen molar-refractivity contribution in [1.29, 1.82) is 0 Å². The van der Waals surface area contributed by atoms with E-state index in [1.807, 2.05) is 6.92 Å². The van der Waals surface area contributed by atoms with Gasteiger partial charge in [0.25, 0.3) is 0 Å². The molecule has 0 bridgehead atoms. The summed E-state index contributed by atoms with van der Waals surface area (Å²) in [6.45, 7) is 3.75. The monoisotopic (exact) mass is 401 g/mol. The zero-order valence-corrected chi connectivity index (χ0v) is 16.2. The van der Waals surface area contributed by atoms with Crippen molar-refractivity contribution >= 4 is 29.7 Å². The first-order chi connectivity index (χ1) is 13.0. The van der Waals surface area contributed by atoms with Gasteiger partial charge in [0.2, 0.25) is 17.7 Å². The van der Waals surface area contributed by atoms with Crippen molar-refractivity contribution in [2.75, 3.05) is 6.54 Å². The highest BCUT2D eigenvalue weighted by atomic mass is 16.4. The first-order valence-electron chi connectivity index (χ1n) is 8.92. The third kappa shape index (κ3) is 9.71. The topological polar surface area (TPSA) is 229 Å². The highest BCUT2D eigenvalue weighted by Crippen LogP contribution is 2.10. The number of primary amides is 1. The van der Waals surface area contributed by atoms with Crippen molar-refractivity contribution in [3.8, 4) is 0 Å². The van der Waals surface area contributed by atoms with Gasteiger partial charge in [0.15, 0.2) is 5.96 Å². The van der Waals surface area contributed by atoms with Crippen LogP contribution in [-0.2, 0) is 19.2 Å². The molecule has 0 aromatic carbocycles. The summed E-state index contributed by atoms with van der Waals surface area (Å²) in [5.41, 5.74) is 21.0. The summed E-state index contributed by atoms with van der Waals surface area (Å²) >= 11 is 0. The molecule has 0 aromatic rings. The number of hydrogen-bond donors (Lipinski definition) is 7. The molecular weight excluding hydrogens is 370 g/mol. The number of carbonyl (C=O) groups is 4. The minimum atomic E-state index is -1.22. The summed E-state index contributed by atoms with van der Waals surface area (Å²) in [6.07, 6.45) is 0.591. The van der Waals surface area contributed by atoms with E-state index in [-0.39, 0.29) is 31.3 Å². The molecule has 0 saturated heterocycles. The van der Waals surface area contributed by atoms with Crippen LogP contribution in [0, 0.1) is 5.92 Å². The van der Waals surface area contributed by atoms with Gasteiger partial charge in [0.05, 0.1) is 12.5 Å². The molecule has 28 heavy (non-hydrogen) atoms. The van der Waals surface area contributed by atoms with Gasteiger partial charge >= 0.3 is 5.97 Å². The van der Waals surface area contributed by atoms with Crippen LogP contribution >= 0.6 is 0 Å². The van der Waals surface area contributed by atoms with Crippen LogP contribution in [0.25, 0.3) is 0 Å². The van der Waals surface area contributed by atoms with Crippen LogP contribution < -0.4 is 33.6 Å². The van der Waals surface area contributed by atoms with E-state index in [9.17, 15) is 24.3 Å². The van der Waals surface area contributed by atoms with Gasteiger partial charge in [-0.15, -0.1) is 0 Å². The van der Waals surface area contributed by atoms with E-state index in [0.717, 1.165) is 0 Å². The lowest BCUT2D eigenvalue weighted by atomic mass is 9.97. The van der Waals surface area contributed by atoms with Crippen molar-refractivity contribution in [3.63, 3.8) is 0 Å². The number of hydrogen-bond acceptors (Lipinski definition) is 6. The minimum absolute atomic E-state index is 0.0974. The number of nitrogens with two attached hydrogens (primary N) is 4. The molecule has 0 fully saturated rings. The normalized spacial score (nSPS) is 14.8. The zero-order chi connectivity index (χ0) is 21.9. The average Bonchev–Trinajstić information content (AvgIpc) is 2.59. The van der Waals surface area contributed by atoms with Gasteiger partial charge in [-0.1, -0.05) is 20.3 Å². The van der Waals surface area contributed by atoms with Crippen LogP contribution in [0.1, 0.15) is 39.5 Å². The number of aliphatic carboxylic acids is 1. The second-order valence-electron chi connectivity index (χ2n) is 6.50. The molecule has 0 spiro atoms. The van der Waals surface area contributed by atoms with E-state index in [1.54, 1.807) is 6.92 Å². The van der Waals surface area contributed by atoms with E-state index >= 15 is 0 Å². The predicted octanol–water partition coefficient (Wildman–Crippen LogP) is -2.66. The summed E-state index contributed by atoms with van der Waals surface area (Å²) in [5, 5.41) is 14.2. The molecule has 12 heteroatoms. The Balaban J connectivity index is 5.06. The van der Waals surface area contributed by atoms with Crippen molar-refractivity contribution < 1.29 is 24.3 Å². The number of nitrogens with one attached hydrogen (secondary N) is 2. The predicted molar refractivity (Wildman–Crippen MR) is 103 cm³/mol. The molecule has 0 aliphatic heterocycles. The summed E-state index contributed by atoms with van der Waals surface area (Å²) in [6, 6.07) is -3.40. The van der Waals surface area contributed by atoms with E-state index in [0.29, 0.717) is 12.8 Å². The third-order valence-corrected chi connectivity index (χ3v) is 4.11. The lowest BCUT2D eigenvalue weighted by Crippen LogP contribution is -2.57. The summed E-state index contributed by atoms with van der Waals surface area (Å²) in [4.78, 5) is 50.8. The molecule has 0 aliphatic carbocycles. The Morgan fingerprint density at radius 1 is 1.07 bits per heavy atom. The molecule has 4 atom stereocenters. The van der Waals surface area contributed by atoms with Crippen molar-refractivity contribution in [3.05, 3.63) is 0 Å². The summed E-state index contributed by atoms with van der Waals surface area (Å²) in [5.74, 6) is -3.78. The van der Waals surface area contributed by atoms with E-state index in [2.05, 4.69) is 15.6 Å². The number of carboxylic acids is 1. The molecule has 0 aromatic heterocycles. The number of nitrogens with zero attached hydrogens (tertiary/aromatic N) is 1. The van der Waals surface area contributed by atoms with Gasteiger partial charge in [-0.25, -0.2) is 4.79 Å². The summed E-state index contributed by atoms with van der Waals surface area (Å²) in [7, 11) is 0. The molecule has 0 saturated carbocycles. The highest BCUT2D eigenvalue weighted by molar-refractivity contribution is 5.93. The maximum Gasteiger partial charge on any atom is 0.326 e. The largest absolute Gasteiger partial charge is 0.480 e. The molecular formula is C16H31N7O5. The lowest BCUT2D eigenvalue weighted by molar-refractivity contribution is -0.142. The molecule has 11 N–H and O–H groups in total. The van der Waals surface area contributed by atoms with Gasteiger partial charge in [-0.2, -0.15) is 0 Å². The Labute approximate surface area is 163 Å². The second kappa shape index (κ2) is 12.5. The first-order valence-corrected chi connectivity index (χ1v) is 8.92. The van der Waals surface area contributed by atoms with Crippen molar-refractivity contribution in [2.45, 2.75) is 57.7 Å². The number of rotatable bonds is 13. The smallest absolute Gasteiger partial charge is 0.326 e. The Hall–Kier alpha value is -2.89. The SMILES string of the molecule is CCC(C)C(NC(=O)C(N)CC(N)=O)C(=O)NC(CCCN=C(N)N)C(=O)O. The fourth-order valence-corrected chi connectivity index (χ4v) is 2.29. The zero-order valence-electron chi connectivity index (χ0n) is 16.2. The van der Waals surface area contributed by atoms with Gasteiger partial charge in [0, 0.05) is 6.54 Å². The molecule has 0 aliphatic rings. The maximum absolute atomic E-state index is 12.6. The molecule has 3 amide bonds. The number of carboxylic acid groups (broad SMARTS) is 1. The van der Waals surface area contributed by atoms with Gasteiger partial charge < -0.3 is 38.7 Å². The molecule has 12 nitrogen and oxygen atoms in total. The standard InChI is InChI=1S/C16H31N7O5/c1-3-8(2)12(23-13(25)9(17)7-11(18)24)14(26)22-10(15(27)28)5-4-6-21-16(19)20/h8-10,12H,3-7,17H2,1-2H3,(H2,18,24)(H,22,26)(H,23,25)(H,27,28)(H4,19,20,21). The number of carbonyl (C=O) groups excluding carboxylic acids is 3. The van der Waals surface area contributed by atoms with E-state index in [1.165, 1.54) is 0 Å². The molecule has 0 radical (unpaired) electrons. The van der Waals surface area contributed by atoms with Crippen LogP contribution in [0.2, 0.25) is 0 Å². The molecule has 0 heterocycles. The average molecular weight is 401 g/mol. The molecule has 0 rings (SSSR count). The Kier molecular flexibility index (Phi) is 11.2. The fraction of sp³-hybridized carbons (Fsp3) is 0.688. The lowest BCUT2D eigenvalue weighted by Gasteiger charge is -2.26. The van der Waals surface area contributed by atoms with Gasteiger partial charge in [0.1, 0.15) is 12.1 Å². The Morgan fingerprint density at radius 3 is 2.14 bits per heavy atom. The maximum atomic E-state index is 12.6. The van der Waals surface area contributed by atoms with Gasteiger partial charge in [-0.3, -0.25) is 19.4 Å². The van der Waals surface area contributed by atoms with Crippen LogP contribution in [-0.4, -0.2) is 59.4 Å². The van der Waals surface area contributed by atoms with Crippen LogP contribution in [0.15, 0.2) is 4.99 Å². The van der Waals surface area contributed by atoms with Crippen LogP contribution in [0.5, 0.6) is 0 Å². The number of amides is 3. The van der Waals surface area contributed by atoms with Crippen molar-refractivity contribution in [1.82, 2.24) is 10.6 Å². The third-order valence-electron chi connectivity index (χ3n) is 4.11. The van der Waals surface area contributed by atoms with Crippen LogP contribution in [0.4, 0.5) is 0 Å². The minimum Gasteiger partial charge on any atom is -0.480 e. The Bertz CT molecular complexity index is 592. The number of aliphatic imine (C=N–C) groups is 1. The van der Waals surface area contributed by atoms with Crippen molar-refractivity contribution in [2.24, 2.45) is 33.8 Å². The molecule has 4 unspecified atom stereocenters. The number of guanidine groups is 1. The second-order valence-corrected chi connectivity index (χ2v) is 6.50. The summed E-state index contributed by atoms with van der Waals surface area (Å²) < 4.78 is 0. The highest BCUT2D eigenvalue weighted by Gasteiger charge is 2.31. The fourth-order valence-electron chi connectivity index (χ4n) is 2.29. The van der Waals surface area contributed by atoms with Crippen LogP contribution in [0.3, 0.4) is 0 Å². The quantitative estimate of drug-likeness (QED) is 0.0975.